The smallest absolute Gasteiger partial charge is 0.240 e. The first kappa shape index (κ1) is 19.0. The summed E-state index contributed by atoms with van der Waals surface area (Å²) in [6, 6.07) is 17.6. The molecule has 4 rings (SSSR count). The number of amides is 1. The Bertz CT molecular complexity index is 789. The summed E-state index contributed by atoms with van der Waals surface area (Å²) in [6.45, 7) is 3.02. The number of carbonyl (C=O) groups excluding carboxylic acids is 1. The Balaban J connectivity index is 1.44. The van der Waals surface area contributed by atoms with Crippen LogP contribution in [0.1, 0.15) is 24.0 Å². The first-order valence-electron chi connectivity index (χ1n) is 10.2. The number of fused-ring (bicyclic) bond motifs is 1. The van der Waals surface area contributed by atoms with E-state index in [9.17, 15) is 9.90 Å². The van der Waals surface area contributed by atoms with Gasteiger partial charge in [-0.3, -0.25) is 9.69 Å². The molecule has 2 aliphatic heterocycles. The molecule has 0 radical (unpaired) electrons. The Kier molecular flexibility index (Phi) is 5.93. The van der Waals surface area contributed by atoms with Gasteiger partial charge in [0.2, 0.25) is 5.91 Å². The third-order valence-corrected chi connectivity index (χ3v) is 5.68. The standard InChI is InChI=1S/C23H28N2O3/c26-20(17-28-21-10-2-1-3-11-21)16-25-15-19-9-5-4-8-18(19)14-22(25)23(27)24-12-6-7-13-24/h1-5,8-11,20,22,26H,6-7,12-17H2/t20-,22-/m1/s1. The van der Waals surface area contributed by atoms with E-state index in [4.69, 9.17) is 4.74 Å². The molecule has 0 saturated carbocycles. The lowest BCUT2D eigenvalue weighted by molar-refractivity contribution is -0.137. The number of para-hydroxylation sites is 1. The number of ether oxygens (including phenoxy) is 1. The van der Waals surface area contributed by atoms with Gasteiger partial charge in [-0.15, -0.1) is 0 Å². The quantitative estimate of drug-likeness (QED) is 0.837. The molecular formula is C23H28N2O3. The number of hydrogen-bond acceptors (Lipinski definition) is 4. The van der Waals surface area contributed by atoms with E-state index in [1.807, 2.05) is 47.4 Å². The van der Waals surface area contributed by atoms with Crippen LogP contribution in [-0.2, 0) is 17.8 Å². The number of carbonyl (C=O) groups is 1. The molecule has 2 aliphatic rings. The molecule has 0 bridgehead atoms. The van der Waals surface area contributed by atoms with Gasteiger partial charge in [0, 0.05) is 26.2 Å². The van der Waals surface area contributed by atoms with Gasteiger partial charge in [0.15, 0.2) is 0 Å². The number of benzene rings is 2. The normalized spacial score (nSPS) is 20.6. The number of aliphatic hydroxyl groups excluding tert-OH is 1. The fraction of sp³-hybridized carbons (Fsp3) is 0.435. The van der Waals surface area contributed by atoms with Crippen molar-refractivity contribution >= 4 is 5.91 Å². The predicted octanol–water partition coefficient (Wildman–Crippen LogP) is 2.48. The van der Waals surface area contributed by atoms with E-state index in [-0.39, 0.29) is 18.6 Å². The Morgan fingerprint density at radius 2 is 1.71 bits per heavy atom. The van der Waals surface area contributed by atoms with Crippen LogP contribution in [0.4, 0.5) is 0 Å². The fourth-order valence-corrected chi connectivity index (χ4v) is 4.19. The van der Waals surface area contributed by atoms with Crippen molar-refractivity contribution in [1.82, 2.24) is 9.80 Å². The Morgan fingerprint density at radius 3 is 2.46 bits per heavy atom. The van der Waals surface area contributed by atoms with E-state index < -0.39 is 6.10 Å². The highest BCUT2D eigenvalue weighted by Crippen LogP contribution is 2.26. The summed E-state index contributed by atoms with van der Waals surface area (Å²) in [4.78, 5) is 17.3. The molecule has 148 valence electrons. The summed E-state index contributed by atoms with van der Waals surface area (Å²) < 4.78 is 5.70. The van der Waals surface area contributed by atoms with Crippen molar-refractivity contribution in [2.75, 3.05) is 26.2 Å². The van der Waals surface area contributed by atoms with Gasteiger partial charge in [-0.25, -0.2) is 0 Å². The molecule has 1 fully saturated rings. The zero-order valence-electron chi connectivity index (χ0n) is 16.2. The van der Waals surface area contributed by atoms with Crippen LogP contribution in [0, 0.1) is 0 Å². The van der Waals surface area contributed by atoms with Gasteiger partial charge in [0.25, 0.3) is 0 Å². The van der Waals surface area contributed by atoms with Gasteiger partial charge >= 0.3 is 0 Å². The van der Waals surface area contributed by atoms with Crippen LogP contribution < -0.4 is 4.74 Å². The van der Waals surface area contributed by atoms with E-state index in [0.717, 1.165) is 31.7 Å². The Hall–Kier alpha value is -2.37. The zero-order chi connectivity index (χ0) is 19.3. The maximum absolute atomic E-state index is 13.2. The largest absolute Gasteiger partial charge is 0.491 e. The molecule has 2 atom stereocenters. The van der Waals surface area contributed by atoms with E-state index in [1.54, 1.807) is 0 Å². The minimum Gasteiger partial charge on any atom is -0.491 e. The molecule has 2 heterocycles. The number of nitrogens with zero attached hydrogens (tertiary/aromatic N) is 2. The number of β-amino-alcohol motifs (C(OH)–C–C–N with tert-alkyl or cyclic N) is 1. The van der Waals surface area contributed by atoms with Crippen molar-refractivity contribution < 1.29 is 14.6 Å². The lowest BCUT2D eigenvalue weighted by Crippen LogP contribution is -2.53. The molecular weight excluding hydrogens is 352 g/mol. The first-order chi connectivity index (χ1) is 13.7. The average Bonchev–Trinajstić information content (AvgIpc) is 3.27. The van der Waals surface area contributed by atoms with Gasteiger partial charge in [-0.1, -0.05) is 42.5 Å². The third-order valence-electron chi connectivity index (χ3n) is 5.68. The second-order valence-corrected chi connectivity index (χ2v) is 7.73. The van der Waals surface area contributed by atoms with Gasteiger partial charge < -0.3 is 14.7 Å². The van der Waals surface area contributed by atoms with Gasteiger partial charge in [0.1, 0.15) is 18.5 Å². The molecule has 0 aliphatic carbocycles. The summed E-state index contributed by atoms with van der Waals surface area (Å²) >= 11 is 0. The maximum atomic E-state index is 13.2. The van der Waals surface area contributed by atoms with E-state index >= 15 is 0 Å². The van der Waals surface area contributed by atoms with Crippen molar-refractivity contribution in [2.45, 2.75) is 38.0 Å². The monoisotopic (exact) mass is 380 g/mol. The topological polar surface area (TPSA) is 53.0 Å². The highest BCUT2D eigenvalue weighted by Gasteiger charge is 2.35. The lowest BCUT2D eigenvalue weighted by atomic mass is 9.93. The van der Waals surface area contributed by atoms with Crippen LogP contribution >= 0.6 is 0 Å². The van der Waals surface area contributed by atoms with Gasteiger partial charge in [-0.05, 0) is 42.5 Å². The van der Waals surface area contributed by atoms with Crippen molar-refractivity contribution in [1.29, 1.82) is 0 Å². The van der Waals surface area contributed by atoms with Crippen LogP contribution in [0.5, 0.6) is 5.75 Å². The predicted molar refractivity (Wildman–Crippen MR) is 108 cm³/mol. The lowest BCUT2D eigenvalue weighted by Gasteiger charge is -2.38. The Labute approximate surface area is 166 Å². The second-order valence-electron chi connectivity index (χ2n) is 7.73. The van der Waals surface area contributed by atoms with Crippen molar-refractivity contribution in [3.05, 3.63) is 65.7 Å². The third kappa shape index (κ3) is 4.37. The molecule has 1 amide bonds. The van der Waals surface area contributed by atoms with Crippen LogP contribution in [0.3, 0.4) is 0 Å². The molecule has 2 aromatic rings. The second kappa shape index (κ2) is 8.76. The summed E-state index contributed by atoms with van der Waals surface area (Å²) in [7, 11) is 0. The molecule has 1 saturated heterocycles. The summed E-state index contributed by atoms with van der Waals surface area (Å²) in [6.07, 6.45) is 2.22. The molecule has 0 spiro atoms. The minimum atomic E-state index is -0.653. The van der Waals surface area contributed by atoms with Crippen molar-refractivity contribution in [3.8, 4) is 5.75 Å². The minimum absolute atomic E-state index is 0.197. The van der Waals surface area contributed by atoms with Crippen LogP contribution in [-0.4, -0.2) is 59.2 Å². The Morgan fingerprint density at radius 1 is 1.04 bits per heavy atom. The SMILES string of the molecule is O=C([C@H]1Cc2ccccc2CN1C[C@@H](O)COc1ccccc1)N1CCCC1. The molecule has 1 N–H and O–H groups in total. The first-order valence-corrected chi connectivity index (χ1v) is 10.2. The van der Waals surface area contributed by atoms with Crippen molar-refractivity contribution in [3.63, 3.8) is 0 Å². The summed E-state index contributed by atoms with van der Waals surface area (Å²) in [5, 5.41) is 10.6. The zero-order valence-corrected chi connectivity index (χ0v) is 16.2. The average molecular weight is 380 g/mol. The van der Waals surface area contributed by atoms with Crippen LogP contribution in [0.25, 0.3) is 0 Å². The van der Waals surface area contributed by atoms with Crippen LogP contribution in [0.2, 0.25) is 0 Å². The number of likely N-dealkylation sites (tertiary alicyclic amines) is 1. The number of rotatable bonds is 6. The van der Waals surface area contributed by atoms with Crippen LogP contribution in [0.15, 0.2) is 54.6 Å². The number of hydrogen-bond donors (Lipinski definition) is 1. The van der Waals surface area contributed by atoms with E-state index in [2.05, 4.69) is 17.0 Å². The summed E-state index contributed by atoms with van der Waals surface area (Å²) in [5.41, 5.74) is 2.48. The molecule has 0 unspecified atom stereocenters. The van der Waals surface area contributed by atoms with E-state index in [0.29, 0.717) is 19.5 Å². The molecule has 5 heteroatoms. The van der Waals surface area contributed by atoms with Gasteiger partial charge in [-0.2, -0.15) is 0 Å². The van der Waals surface area contributed by atoms with E-state index in [1.165, 1.54) is 11.1 Å². The number of aliphatic hydroxyl groups is 1. The van der Waals surface area contributed by atoms with Crippen molar-refractivity contribution in [2.24, 2.45) is 0 Å². The molecule has 2 aromatic carbocycles. The highest BCUT2D eigenvalue weighted by atomic mass is 16.5. The highest BCUT2D eigenvalue weighted by molar-refractivity contribution is 5.83. The maximum Gasteiger partial charge on any atom is 0.240 e. The fourth-order valence-electron chi connectivity index (χ4n) is 4.19. The molecule has 5 nitrogen and oxygen atoms in total. The summed E-state index contributed by atoms with van der Waals surface area (Å²) in [5.74, 6) is 0.943. The van der Waals surface area contributed by atoms with Gasteiger partial charge in [0.05, 0.1) is 6.04 Å². The molecule has 28 heavy (non-hydrogen) atoms. The molecule has 0 aromatic heterocycles.